The lowest BCUT2D eigenvalue weighted by Gasteiger charge is -2.09. The van der Waals surface area contributed by atoms with Crippen molar-refractivity contribution in [3.63, 3.8) is 0 Å². The summed E-state index contributed by atoms with van der Waals surface area (Å²) < 4.78 is 28.4. The predicted molar refractivity (Wildman–Crippen MR) is 82.5 cm³/mol. The van der Waals surface area contributed by atoms with Gasteiger partial charge in [-0.3, -0.25) is 0 Å². The van der Waals surface area contributed by atoms with Crippen molar-refractivity contribution in [2.75, 3.05) is 23.8 Å². The second-order valence-electron chi connectivity index (χ2n) is 4.39. The van der Waals surface area contributed by atoms with E-state index in [0.717, 1.165) is 0 Å². The summed E-state index contributed by atoms with van der Waals surface area (Å²) >= 11 is 3.27. The van der Waals surface area contributed by atoms with Crippen molar-refractivity contribution >= 4 is 37.4 Å². The van der Waals surface area contributed by atoms with Crippen LogP contribution in [0.25, 0.3) is 0 Å². The minimum absolute atomic E-state index is 0.0242. The number of nitrogen functional groups attached to an aromatic ring is 1. The SMILES string of the molecule is CCS(=O)(=O)CCCOC(=O)c1cc(Br)cc(N)c1C. The summed E-state index contributed by atoms with van der Waals surface area (Å²) in [5.74, 6) is -0.372. The molecule has 0 bridgehead atoms. The van der Waals surface area contributed by atoms with Gasteiger partial charge in [0, 0.05) is 15.9 Å². The van der Waals surface area contributed by atoms with Gasteiger partial charge in [0.2, 0.25) is 0 Å². The van der Waals surface area contributed by atoms with E-state index in [-0.39, 0.29) is 18.1 Å². The van der Waals surface area contributed by atoms with E-state index < -0.39 is 15.8 Å². The van der Waals surface area contributed by atoms with Crippen molar-refractivity contribution < 1.29 is 17.9 Å². The van der Waals surface area contributed by atoms with Gasteiger partial charge in [-0.05, 0) is 31.0 Å². The molecular formula is C13H18BrNO4S. The van der Waals surface area contributed by atoms with Crippen molar-refractivity contribution in [1.82, 2.24) is 0 Å². The van der Waals surface area contributed by atoms with E-state index in [4.69, 9.17) is 10.5 Å². The third kappa shape index (κ3) is 4.79. The number of hydrogen-bond donors (Lipinski definition) is 1. The predicted octanol–water partition coefficient (Wildman–Crippen LogP) is 2.32. The van der Waals surface area contributed by atoms with E-state index in [1.807, 2.05) is 0 Å². The molecule has 1 aromatic rings. The van der Waals surface area contributed by atoms with Crippen LogP contribution in [0.15, 0.2) is 16.6 Å². The number of anilines is 1. The lowest BCUT2D eigenvalue weighted by atomic mass is 10.1. The lowest BCUT2D eigenvalue weighted by Crippen LogP contribution is -2.14. The Hall–Kier alpha value is -1.08. The summed E-state index contributed by atoms with van der Waals surface area (Å²) in [5.41, 5.74) is 7.31. The fraction of sp³-hybridized carbons (Fsp3) is 0.462. The number of hydrogen-bond acceptors (Lipinski definition) is 5. The van der Waals surface area contributed by atoms with Crippen molar-refractivity contribution in [1.29, 1.82) is 0 Å². The number of halogens is 1. The van der Waals surface area contributed by atoms with Gasteiger partial charge in [-0.25, -0.2) is 13.2 Å². The minimum Gasteiger partial charge on any atom is -0.462 e. The molecule has 0 saturated carbocycles. The topological polar surface area (TPSA) is 86.5 Å². The molecule has 1 aromatic carbocycles. The van der Waals surface area contributed by atoms with E-state index in [9.17, 15) is 13.2 Å². The summed E-state index contributed by atoms with van der Waals surface area (Å²) in [6, 6.07) is 3.34. The number of carbonyl (C=O) groups excluding carboxylic acids is 1. The lowest BCUT2D eigenvalue weighted by molar-refractivity contribution is 0.0505. The zero-order valence-corrected chi connectivity index (χ0v) is 13.9. The van der Waals surface area contributed by atoms with Gasteiger partial charge in [0.05, 0.1) is 17.9 Å². The number of ether oxygens (including phenoxy) is 1. The van der Waals surface area contributed by atoms with Gasteiger partial charge < -0.3 is 10.5 Å². The van der Waals surface area contributed by atoms with Crippen LogP contribution in [0, 0.1) is 6.92 Å². The summed E-state index contributed by atoms with van der Waals surface area (Å²) in [4.78, 5) is 11.9. The molecule has 0 aliphatic carbocycles. The van der Waals surface area contributed by atoms with Crippen LogP contribution in [0.5, 0.6) is 0 Å². The molecule has 7 heteroatoms. The maximum atomic E-state index is 11.9. The number of rotatable bonds is 6. The maximum absolute atomic E-state index is 11.9. The summed E-state index contributed by atoms with van der Waals surface area (Å²) in [7, 11) is -3.02. The third-order valence-corrected chi connectivity index (χ3v) is 5.15. The molecule has 0 aliphatic rings. The highest BCUT2D eigenvalue weighted by Gasteiger charge is 2.14. The van der Waals surface area contributed by atoms with E-state index in [0.29, 0.717) is 27.7 Å². The van der Waals surface area contributed by atoms with Crippen molar-refractivity contribution in [2.45, 2.75) is 20.3 Å². The van der Waals surface area contributed by atoms with Gasteiger partial charge in [0.1, 0.15) is 9.84 Å². The number of carbonyl (C=O) groups is 1. The Labute approximate surface area is 127 Å². The normalized spacial score (nSPS) is 11.3. The second kappa shape index (κ2) is 7.08. The Morgan fingerprint density at radius 1 is 1.40 bits per heavy atom. The molecule has 0 radical (unpaired) electrons. The van der Waals surface area contributed by atoms with E-state index in [2.05, 4.69) is 15.9 Å². The van der Waals surface area contributed by atoms with Crippen LogP contribution in [0.3, 0.4) is 0 Å². The first-order valence-corrected chi connectivity index (χ1v) is 8.81. The average molecular weight is 364 g/mol. The Morgan fingerprint density at radius 3 is 2.65 bits per heavy atom. The first-order chi connectivity index (χ1) is 9.26. The van der Waals surface area contributed by atoms with E-state index >= 15 is 0 Å². The van der Waals surface area contributed by atoms with Gasteiger partial charge >= 0.3 is 5.97 Å². The number of esters is 1. The molecule has 0 aromatic heterocycles. The third-order valence-electron chi connectivity index (χ3n) is 2.91. The van der Waals surface area contributed by atoms with Gasteiger partial charge in [0.15, 0.2) is 0 Å². The number of sulfone groups is 1. The summed E-state index contributed by atoms with van der Waals surface area (Å²) in [5, 5.41) is 0. The average Bonchev–Trinajstić information content (AvgIpc) is 2.38. The molecule has 0 aliphatic heterocycles. The zero-order valence-electron chi connectivity index (χ0n) is 11.5. The monoisotopic (exact) mass is 363 g/mol. The number of nitrogens with two attached hydrogens (primary N) is 1. The summed E-state index contributed by atoms with van der Waals surface area (Å²) in [6.45, 7) is 3.40. The Bertz CT molecular complexity index is 599. The van der Waals surface area contributed by atoms with Crippen LogP contribution in [0.4, 0.5) is 5.69 Å². The van der Waals surface area contributed by atoms with E-state index in [1.165, 1.54) is 0 Å². The molecule has 0 saturated heterocycles. The van der Waals surface area contributed by atoms with Gasteiger partial charge in [-0.15, -0.1) is 0 Å². The molecular weight excluding hydrogens is 346 g/mol. The van der Waals surface area contributed by atoms with Gasteiger partial charge in [-0.2, -0.15) is 0 Å². The highest BCUT2D eigenvalue weighted by molar-refractivity contribution is 9.10. The molecule has 0 amide bonds. The quantitative estimate of drug-likeness (QED) is 0.476. The molecule has 0 unspecified atom stereocenters. The van der Waals surface area contributed by atoms with Crippen molar-refractivity contribution in [3.05, 3.63) is 27.7 Å². The molecule has 0 spiro atoms. The molecule has 0 fully saturated rings. The Morgan fingerprint density at radius 2 is 2.05 bits per heavy atom. The van der Waals surface area contributed by atoms with Gasteiger partial charge in [0.25, 0.3) is 0 Å². The van der Waals surface area contributed by atoms with Gasteiger partial charge in [-0.1, -0.05) is 22.9 Å². The largest absolute Gasteiger partial charge is 0.462 e. The van der Waals surface area contributed by atoms with Crippen LogP contribution in [0.1, 0.15) is 29.3 Å². The second-order valence-corrected chi connectivity index (χ2v) is 7.78. The molecule has 2 N–H and O–H groups in total. The standard InChI is InChI=1S/C13H18BrNO4S/c1-3-20(17,18)6-4-5-19-13(16)11-7-10(14)8-12(15)9(11)2/h7-8H,3-6,15H2,1-2H3. The molecule has 20 heavy (non-hydrogen) atoms. The zero-order chi connectivity index (χ0) is 15.3. The Balaban J connectivity index is 2.60. The first kappa shape index (κ1) is 17.0. The van der Waals surface area contributed by atoms with E-state index in [1.54, 1.807) is 26.0 Å². The smallest absolute Gasteiger partial charge is 0.338 e. The van der Waals surface area contributed by atoms with Crippen LogP contribution < -0.4 is 5.73 Å². The highest BCUT2D eigenvalue weighted by atomic mass is 79.9. The minimum atomic E-state index is -3.02. The molecule has 1 rings (SSSR count). The molecule has 112 valence electrons. The van der Waals surface area contributed by atoms with Crippen LogP contribution >= 0.6 is 15.9 Å². The van der Waals surface area contributed by atoms with Crippen LogP contribution in [0.2, 0.25) is 0 Å². The first-order valence-electron chi connectivity index (χ1n) is 6.20. The number of benzene rings is 1. The maximum Gasteiger partial charge on any atom is 0.338 e. The fourth-order valence-electron chi connectivity index (χ4n) is 1.58. The van der Waals surface area contributed by atoms with Crippen LogP contribution in [-0.2, 0) is 14.6 Å². The van der Waals surface area contributed by atoms with Crippen LogP contribution in [-0.4, -0.2) is 32.5 Å². The van der Waals surface area contributed by atoms with Crippen molar-refractivity contribution in [3.8, 4) is 0 Å². The molecule has 0 atom stereocenters. The molecule has 0 heterocycles. The highest BCUT2D eigenvalue weighted by Crippen LogP contribution is 2.23. The fourth-order valence-corrected chi connectivity index (χ4v) is 2.90. The Kier molecular flexibility index (Phi) is 6.01. The van der Waals surface area contributed by atoms with Crippen molar-refractivity contribution in [2.24, 2.45) is 0 Å². The summed E-state index contributed by atoms with van der Waals surface area (Å²) in [6.07, 6.45) is 0.296. The molecule has 5 nitrogen and oxygen atoms in total.